The number of carbonyl (C=O) groups is 3. The first-order chi connectivity index (χ1) is 25.1. The molecule has 0 bridgehead atoms. The molecule has 0 aromatic carbocycles. The summed E-state index contributed by atoms with van der Waals surface area (Å²) in [5.74, 6) is -2.33. The Morgan fingerprint density at radius 1 is 0.596 bits per heavy atom. The molecule has 300 valence electrons. The number of allylic oxidation sites excluding steroid dienone is 8. The zero-order valence-corrected chi connectivity index (χ0v) is 33.7. The van der Waals surface area contributed by atoms with Gasteiger partial charge in [-0.15, -0.1) is 0 Å². The van der Waals surface area contributed by atoms with Gasteiger partial charge in [0, 0.05) is 12.8 Å². The number of unbranched alkanes of at least 4 members (excludes halogenated alkanes) is 13. The maximum Gasteiger partial charge on any atom is 0.306 e. The molecule has 0 aliphatic rings. The first-order valence-corrected chi connectivity index (χ1v) is 20.3. The lowest BCUT2D eigenvalue weighted by molar-refractivity contribution is -0.870. The van der Waals surface area contributed by atoms with E-state index in [2.05, 4.69) is 62.5 Å². The van der Waals surface area contributed by atoms with Crippen molar-refractivity contribution in [1.29, 1.82) is 0 Å². The Morgan fingerprint density at radius 2 is 1.10 bits per heavy atom. The molecule has 0 aromatic rings. The molecular weight excluding hydrogens is 658 g/mol. The van der Waals surface area contributed by atoms with Crippen LogP contribution < -0.4 is 5.11 Å². The molecule has 52 heavy (non-hydrogen) atoms. The lowest BCUT2D eigenvalue weighted by Gasteiger charge is -2.26. The highest BCUT2D eigenvalue weighted by Gasteiger charge is 2.21. The van der Waals surface area contributed by atoms with E-state index in [1.165, 1.54) is 25.7 Å². The number of rotatable bonds is 36. The molecule has 0 aromatic heterocycles. The molecule has 0 aliphatic carbocycles. The Hall–Kier alpha value is -2.75. The molecule has 2 unspecified atom stereocenters. The Kier molecular flexibility index (Phi) is 33.4. The maximum atomic E-state index is 12.7. The number of aliphatic carboxylic acids is 1. The van der Waals surface area contributed by atoms with Crippen LogP contribution in [0.2, 0.25) is 0 Å². The van der Waals surface area contributed by atoms with Crippen molar-refractivity contribution in [3.05, 3.63) is 48.6 Å². The number of carboxylic acids is 1. The zero-order valence-electron chi connectivity index (χ0n) is 33.7. The van der Waals surface area contributed by atoms with E-state index in [0.717, 1.165) is 89.9 Å². The molecule has 0 saturated heterocycles. The quantitative estimate of drug-likeness (QED) is 0.0207. The lowest BCUT2D eigenvalue weighted by Crippen LogP contribution is -2.44. The van der Waals surface area contributed by atoms with E-state index in [-0.39, 0.29) is 38.6 Å². The van der Waals surface area contributed by atoms with Crippen molar-refractivity contribution < 1.29 is 42.9 Å². The summed E-state index contributed by atoms with van der Waals surface area (Å²) >= 11 is 0. The van der Waals surface area contributed by atoms with Crippen LogP contribution in [-0.4, -0.2) is 82.3 Å². The third kappa shape index (κ3) is 35.6. The SMILES string of the molecule is CC/C=C\C/C=C\C/C=C\CCCCCCCC(=O)OC(COC(=O)CCCCCCC/C=C\CCCCC)COC(OCC[N+](C)(C)C)C(=O)[O-]. The molecule has 0 N–H and O–H groups in total. The minimum absolute atomic E-state index is 0.141. The fourth-order valence-corrected chi connectivity index (χ4v) is 5.13. The number of hydrogen-bond acceptors (Lipinski definition) is 8. The van der Waals surface area contributed by atoms with E-state index >= 15 is 0 Å². The van der Waals surface area contributed by atoms with Crippen LogP contribution in [0.1, 0.15) is 149 Å². The van der Waals surface area contributed by atoms with Crippen molar-refractivity contribution in [3.63, 3.8) is 0 Å². The summed E-state index contributed by atoms with van der Waals surface area (Å²) in [5.41, 5.74) is 0. The smallest absolute Gasteiger partial charge is 0.306 e. The molecular formula is C43H75NO8. The summed E-state index contributed by atoms with van der Waals surface area (Å²) in [6, 6.07) is 0. The van der Waals surface area contributed by atoms with E-state index in [1.54, 1.807) is 0 Å². The minimum Gasteiger partial charge on any atom is -0.545 e. The summed E-state index contributed by atoms with van der Waals surface area (Å²) in [6.45, 7) is 4.54. The van der Waals surface area contributed by atoms with Crippen LogP contribution >= 0.6 is 0 Å². The van der Waals surface area contributed by atoms with Crippen LogP contribution in [0.5, 0.6) is 0 Å². The van der Waals surface area contributed by atoms with Crippen LogP contribution in [0.4, 0.5) is 0 Å². The van der Waals surface area contributed by atoms with Gasteiger partial charge >= 0.3 is 11.9 Å². The van der Waals surface area contributed by atoms with Crippen molar-refractivity contribution in [2.75, 3.05) is 47.5 Å². The molecule has 9 nitrogen and oxygen atoms in total. The van der Waals surface area contributed by atoms with E-state index in [0.29, 0.717) is 17.4 Å². The largest absolute Gasteiger partial charge is 0.545 e. The predicted octanol–water partition coefficient (Wildman–Crippen LogP) is 8.71. The highest BCUT2D eigenvalue weighted by Crippen LogP contribution is 2.12. The fraction of sp³-hybridized carbons (Fsp3) is 0.744. The van der Waals surface area contributed by atoms with Crippen LogP contribution in [0.3, 0.4) is 0 Å². The summed E-state index contributed by atoms with van der Waals surface area (Å²) in [7, 11) is 5.89. The van der Waals surface area contributed by atoms with Crippen molar-refractivity contribution in [2.24, 2.45) is 0 Å². The second-order valence-electron chi connectivity index (χ2n) is 14.5. The number of hydrogen-bond donors (Lipinski definition) is 0. The number of esters is 2. The van der Waals surface area contributed by atoms with Gasteiger partial charge in [0.25, 0.3) is 0 Å². The molecule has 0 radical (unpaired) electrons. The molecule has 0 fully saturated rings. The fourth-order valence-electron chi connectivity index (χ4n) is 5.13. The van der Waals surface area contributed by atoms with Crippen molar-refractivity contribution >= 4 is 17.9 Å². The monoisotopic (exact) mass is 734 g/mol. The molecule has 0 rings (SSSR count). The molecule has 9 heteroatoms. The van der Waals surface area contributed by atoms with Gasteiger partial charge in [0.05, 0.1) is 40.3 Å². The predicted molar refractivity (Wildman–Crippen MR) is 209 cm³/mol. The Balaban J connectivity index is 4.56. The summed E-state index contributed by atoms with van der Waals surface area (Å²) in [6.07, 6.45) is 35.7. The van der Waals surface area contributed by atoms with Crippen LogP contribution in [0.25, 0.3) is 0 Å². The van der Waals surface area contributed by atoms with Gasteiger partial charge in [-0.1, -0.05) is 114 Å². The van der Waals surface area contributed by atoms with Crippen LogP contribution in [0, 0.1) is 0 Å². The van der Waals surface area contributed by atoms with E-state index in [1.807, 2.05) is 21.1 Å². The van der Waals surface area contributed by atoms with Gasteiger partial charge < -0.3 is 33.3 Å². The summed E-state index contributed by atoms with van der Waals surface area (Å²) < 4.78 is 22.4. The van der Waals surface area contributed by atoms with Gasteiger partial charge in [0.1, 0.15) is 13.2 Å². The van der Waals surface area contributed by atoms with Crippen LogP contribution in [-0.2, 0) is 33.3 Å². The molecule has 0 saturated carbocycles. The Morgan fingerprint density at radius 3 is 1.65 bits per heavy atom. The van der Waals surface area contributed by atoms with Gasteiger partial charge in [-0.25, -0.2) is 0 Å². The van der Waals surface area contributed by atoms with E-state index < -0.39 is 24.3 Å². The maximum absolute atomic E-state index is 12.7. The number of ether oxygens (including phenoxy) is 4. The van der Waals surface area contributed by atoms with Gasteiger partial charge in [-0.2, -0.15) is 0 Å². The highest BCUT2D eigenvalue weighted by atomic mass is 16.7. The molecule has 0 heterocycles. The van der Waals surface area contributed by atoms with E-state index in [4.69, 9.17) is 18.9 Å². The second-order valence-corrected chi connectivity index (χ2v) is 14.5. The average molecular weight is 734 g/mol. The van der Waals surface area contributed by atoms with Crippen molar-refractivity contribution in [1.82, 2.24) is 0 Å². The van der Waals surface area contributed by atoms with E-state index in [9.17, 15) is 19.5 Å². The summed E-state index contributed by atoms with van der Waals surface area (Å²) in [4.78, 5) is 36.8. The van der Waals surface area contributed by atoms with Gasteiger partial charge in [0.2, 0.25) is 0 Å². The first kappa shape index (κ1) is 49.2. The molecule has 0 aliphatic heterocycles. The van der Waals surface area contributed by atoms with Crippen LogP contribution in [0.15, 0.2) is 48.6 Å². The normalized spacial score (nSPS) is 13.5. The number of carboxylic acid groups (broad SMARTS) is 1. The topological polar surface area (TPSA) is 111 Å². The third-order valence-corrected chi connectivity index (χ3v) is 8.31. The minimum atomic E-state index is -1.63. The standard InChI is InChI=1S/C43H75NO8/c1-6-8-10-12-14-16-18-20-21-22-24-26-28-30-32-34-41(46)52-39(38-51-43(42(47)48)49-36-35-44(3,4)5)37-50-40(45)33-31-29-27-25-23-19-17-15-13-11-9-7-2/h8,10,14-17,20-21,39,43H,6-7,9,11-13,18-19,22-38H2,1-5H3/b10-8-,16-14-,17-15-,21-20-. The van der Waals surface area contributed by atoms with Gasteiger partial charge in [-0.05, 0) is 70.6 Å². The highest BCUT2D eigenvalue weighted by molar-refractivity contribution is 5.70. The number of nitrogens with zero attached hydrogens (tertiary/aromatic N) is 1. The van der Waals surface area contributed by atoms with Crippen molar-refractivity contribution in [2.45, 2.75) is 161 Å². The van der Waals surface area contributed by atoms with Gasteiger partial charge in [-0.3, -0.25) is 9.59 Å². The Bertz CT molecular complexity index is 998. The summed E-state index contributed by atoms with van der Waals surface area (Å²) in [5, 5.41) is 11.6. The molecule has 2 atom stereocenters. The molecule has 0 spiro atoms. The number of likely N-dealkylation sites (N-methyl/N-ethyl adjacent to an activating group) is 1. The zero-order chi connectivity index (χ0) is 38.5. The number of carbonyl (C=O) groups excluding carboxylic acids is 3. The second kappa shape index (κ2) is 35.3. The third-order valence-electron chi connectivity index (χ3n) is 8.31. The van der Waals surface area contributed by atoms with Gasteiger partial charge in [0.15, 0.2) is 12.4 Å². The number of quaternary nitrogens is 1. The lowest BCUT2D eigenvalue weighted by atomic mass is 10.1. The first-order valence-electron chi connectivity index (χ1n) is 20.3. The van der Waals surface area contributed by atoms with Crippen molar-refractivity contribution in [3.8, 4) is 0 Å². The Labute approximate surface area is 317 Å². The average Bonchev–Trinajstić information content (AvgIpc) is 3.09. The molecule has 0 amide bonds.